The van der Waals surface area contributed by atoms with Crippen molar-refractivity contribution in [1.29, 1.82) is 0 Å². The molecule has 0 aromatic carbocycles. The minimum absolute atomic E-state index is 0.318. The molecule has 94 valence electrons. The highest BCUT2D eigenvalue weighted by Crippen LogP contribution is 2.09. The number of nitrogens with zero attached hydrogens (tertiary/aromatic N) is 2. The van der Waals surface area contributed by atoms with Gasteiger partial charge in [-0.2, -0.15) is 5.10 Å². The molecule has 1 aromatic heterocycles. The number of hydrogen-bond donors (Lipinski definition) is 0. The molecule has 4 heteroatoms. The zero-order valence-corrected chi connectivity index (χ0v) is 11.1. The van der Waals surface area contributed by atoms with Gasteiger partial charge in [0.25, 0.3) is 0 Å². The third-order valence-corrected chi connectivity index (χ3v) is 1.97. The van der Waals surface area contributed by atoms with Crippen LogP contribution in [0.1, 0.15) is 46.2 Å². The maximum Gasteiger partial charge on any atom is 0.331 e. The van der Waals surface area contributed by atoms with Crippen LogP contribution in [0, 0.1) is 0 Å². The molecular formula is C13H20N2O2. The van der Waals surface area contributed by atoms with E-state index < -0.39 is 5.60 Å². The standard InChI is InChI=1S/C13H20N2O2/c1-10(2)15-9-11(8-14-15)6-7-12(16)17-13(3,4)5/h6-10H,1-5H3/b7-6+. The van der Waals surface area contributed by atoms with E-state index in [4.69, 9.17) is 4.74 Å². The largest absolute Gasteiger partial charge is 0.457 e. The zero-order valence-electron chi connectivity index (χ0n) is 11.1. The van der Waals surface area contributed by atoms with Crippen molar-refractivity contribution < 1.29 is 9.53 Å². The van der Waals surface area contributed by atoms with Crippen LogP contribution >= 0.6 is 0 Å². The highest BCUT2D eigenvalue weighted by molar-refractivity contribution is 5.87. The van der Waals surface area contributed by atoms with Crippen molar-refractivity contribution in [3.05, 3.63) is 24.0 Å². The van der Waals surface area contributed by atoms with Crippen LogP contribution in [0.2, 0.25) is 0 Å². The first-order valence-corrected chi connectivity index (χ1v) is 5.73. The van der Waals surface area contributed by atoms with E-state index in [1.807, 2.05) is 45.5 Å². The van der Waals surface area contributed by atoms with Gasteiger partial charge >= 0.3 is 5.97 Å². The fraction of sp³-hybridized carbons (Fsp3) is 0.538. The second-order valence-electron chi connectivity index (χ2n) is 5.21. The van der Waals surface area contributed by atoms with E-state index in [9.17, 15) is 4.79 Å². The van der Waals surface area contributed by atoms with Crippen LogP contribution in [-0.2, 0) is 9.53 Å². The topological polar surface area (TPSA) is 44.1 Å². The molecule has 0 bridgehead atoms. The Morgan fingerprint density at radius 3 is 2.59 bits per heavy atom. The smallest absolute Gasteiger partial charge is 0.331 e. The van der Waals surface area contributed by atoms with E-state index in [-0.39, 0.29) is 5.97 Å². The monoisotopic (exact) mass is 236 g/mol. The van der Waals surface area contributed by atoms with E-state index >= 15 is 0 Å². The van der Waals surface area contributed by atoms with Crippen LogP contribution < -0.4 is 0 Å². The zero-order chi connectivity index (χ0) is 13.1. The summed E-state index contributed by atoms with van der Waals surface area (Å²) in [4.78, 5) is 11.4. The second kappa shape index (κ2) is 5.17. The molecule has 0 aliphatic rings. The van der Waals surface area contributed by atoms with Gasteiger partial charge in [0.05, 0.1) is 6.20 Å². The lowest BCUT2D eigenvalue weighted by Gasteiger charge is -2.17. The van der Waals surface area contributed by atoms with Gasteiger partial charge in [-0.05, 0) is 40.7 Å². The van der Waals surface area contributed by atoms with E-state index in [1.165, 1.54) is 6.08 Å². The lowest BCUT2D eigenvalue weighted by Crippen LogP contribution is -2.22. The fourth-order valence-electron chi connectivity index (χ4n) is 1.22. The summed E-state index contributed by atoms with van der Waals surface area (Å²) in [6.45, 7) is 9.63. The molecule has 0 atom stereocenters. The van der Waals surface area contributed by atoms with E-state index in [2.05, 4.69) is 5.10 Å². The quantitative estimate of drug-likeness (QED) is 0.598. The van der Waals surface area contributed by atoms with Crippen molar-refractivity contribution in [2.75, 3.05) is 0 Å². The Kier molecular flexibility index (Phi) is 4.10. The highest BCUT2D eigenvalue weighted by atomic mass is 16.6. The SMILES string of the molecule is CC(C)n1cc(/C=C/C(=O)OC(C)(C)C)cn1. The lowest BCUT2D eigenvalue weighted by molar-refractivity contribution is -0.148. The molecule has 1 heterocycles. The Labute approximate surface area is 102 Å². The van der Waals surface area contributed by atoms with Crippen LogP contribution in [0.5, 0.6) is 0 Å². The van der Waals surface area contributed by atoms with Gasteiger partial charge in [-0.15, -0.1) is 0 Å². The van der Waals surface area contributed by atoms with Crippen LogP contribution in [0.15, 0.2) is 18.5 Å². The van der Waals surface area contributed by atoms with E-state index in [0.717, 1.165) is 5.56 Å². The van der Waals surface area contributed by atoms with Crippen molar-refractivity contribution in [1.82, 2.24) is 9.78 Å². The Morgan fingerprint density at radius 2 is 2.12 bits per heavy atom. The molecule has 17 heavy (non-hydrogen) atoms. The molecule has 0 saturated carbocycles. The average Bonchev–Trinajstić information content (AvgIpc) is 2.60. The molecule has 4 nitrogen and oxygen atoms in total. The maximum absolute atomic E-state index is 11.4. The van der Waals surface area contributed by atoms with Crippen LogP contribution in [0.3, 0.4) is 0 Å². The predicted molar refractivity (Wildman–Crippen MR) is 67.5 cm³/mol. The summed E-state index contributed by atoms with van der Waals surface area (Å²) in [5, 5.41) is 4.18. The molecule has 0 spiro atoms. The maximum atomic E-state index is 11.4. The summed E-state index contributed by atoms with van der Waals surface area (Å²) in [7, 11) is 0. The Hall–Kier alpha value is -1.58. The molecule has 0 radical (unpaired) electrons. The van der Waals surface area contributed by atoms with Crippen LogP contribution in [-0.4, -0.2) is 21.4 Å². The number of carbonyl (C=O) groups is 1. The number of rotatable bonds is 3. The van der Waals surface area contributed by atoms with Crippen molar-refractivity contribution in [2.24, 2.45) is 0 Å². The van der Waals surface area contributed by atoms with Gasteiger partial charge in [-0.3, -0.25) is 4.68 Å². The molecule has 0 N–H and O–H groups in total. The number of carbonyl (C=O) groups excluding carboxylic acids is 1. The van der Waals surface area contributed by atoms with Crippen molar-refractivity contribution in [2.45, 2.75) is 46.3 Å². The summed E-state index contributed by atoms with van der Waals surface area (Å²) in [6, 6.07) is 0.318. The number of hydrogen-bond acceptors (Lipinski definition) is 3. The van der Waals surface area contributed by atoms with Gasteiger partial charge in [-0.1, -0.05) is 0 Å². The van der Waals surface area contributed by atoms with Crippen molar-refractivity contribution in [3.8, 4) is 0 Å². The Balaban J connectivity index is 2.61. The van der Waals surface area contributed by atoms with Gasteiger partial charge in [0.2, 0.25) is 0 Å². The molecule has 0 amide bonds. The van der Waals surface area contributed by atoms with Crippen molar-refractivity contribution >= 4 is 12.0 Å². The van der Waals surface area contributed by atoms with Gasteiger partial charge in [0.15, 0.2) is 0 Å². The van der Waals surface area contributed by atoms with Gasteiger partial charge in [0.1, 0.15) is 5.60 Å². The minimum atomic E-state index is -0.455. The minimum Gasteiger partial charge on any atom is -0.457 e. The van der Waals surface area contributed by atoms with E-state index in [0.29, 0.717) is 6.04 Å². The Bertz CT molecular complexity index is 411. The molecular weight excluding hydrogens is 216 g/mol. The summed E-state index contributed by atoms with van der Waals surface area (Å²) >= 11 is 0. The highest BCUT2D eigenvalue weighted by Gasteiger charge is 2.13. The van der Waals surface area contributed by atoms with Crippen LogP contribution in [0.25, 0.3) is 6.08 Å². The normalized spacial score (nSPS) is 12.4. The fourth-order valence-corrected chi connectivity index (χ4v) is 1.22. The first-order valence-electron chi connectivity index (χ1n) is 5.73. The predicted octanol–water partition coefficient (Wildman–Crippen LogP) is 2.82. The molecule has 0 unspecified atom stereocenters. The third-order valence-electron chi connectivity index (χ3n) is 1.97. The van der Waals surface area contributed by atoms with Gasteiger partial charge < -0.3 is 4.74 Å². The van der Waals surface area contributed by atoms with E-state index in [1.54, 1.807) is 12.3 Å². The summed E-state index contributed by atoms with van der Waals surface area (Å²) in [5.41, 5.74) is 0.438. The summed E-state index contributed by atoms with van der Waals surface area (Å²) in [5.74, 6) is -0.338. The van der Waals surface area contributed by atoms with Crippen molar-refractivity contribution in [3.63, 3.8) is 0 Å². The molecule has 0 aliphatic heterocycles. The molecule has 1 rings (SSSR count). The molecule has 0 saturated heterocycles. The first kappa shape index (κ1) is 13.5. The molecule has 1 aromatic rings. The third kappa shape index (κ3) is 4.85. The number of ether oxygens (including phenoxy) is 1. The second-order valence-corrected chi connectivity index (χ2v) is 5.21. The first-order chi connectivity index (χ1) is 7.78. The molecule has 0 fully saturated rings. The number of esters is 1. The summed E-state index contributed by atoms with van der Waals surface area (Å²) < 4.78 is 7.00. The lowest BCUT2D eigenvalue weighted by atomic mass is 10.2. The average molecular weight is 236 g/mol. The van der Waals surface area contributed by atoms with Gasteiger partial charge in [0, 0.05) is 23.9 Å². The number of aromatic nitrogens is 2. The Morgan fingerprint density at radius 1 is 1.47 bits per heavy atom. The van der Waals surface area contributed by atoms with Crippen LogP contribution in [0.4, 0.5) is 0 Å². The molecule has 0 aliphatic carbocycles. The van der Waals surface area contributed by atoms with Gasteiger partial charge in [-0.25, -0.2) is 4.79 Å². The summed E-state index contributed by atoms with van der Waals surface area (Å²) in [6.07, 6.45) is 6.75.